The summed E-state index contributed by atoms with van der Waals surface area (Å²) < 4.78 is 44.4. The predicted molar refractivity (Wildman–Crippen MR) is 118 cm³/mol. The quantitative estimate of drug-likeness (QED) is 0.434. The number of sulfonamides is 1. The van der Waals surface area contributed by atoms with Gasteiger partial charge in [-0.05, 0) is 49.1 Å². The lowest BCUT2D eigenvalue weighted by molar-refractivity contribution is -0.134. The molecule has 0 aliphatic heterocycles. The Bertz CT molecular complexity index is 1070. The van der Waals surface area contributed by atoms with Gasteiger partial charge in [0, 0.05) is 18.7 Å². The zero-order valence-electron chi connectivity index (χ0n) is 18.1. The maximum atomic E-state index is 13.8. The first-order chi connectivity index (χ1) is 14.8. The van der Waals surface area contributed by atoms with E-state index in [9.17, 15) is 13.2 Å². The van der Waals surface area contributed by atoms with Crippen molar-refractivity contribution in [3.8, 4) is 11.5 Å². The fourth-order valence-electron chi connectivity index (χ4n) is 3.24. The second-order valence-electron chi connectivity index (χ2n) is 7.38. The third kappa shape index (κ3) is 5.26. The predicted octanol–water partition coefficient (Wildman–Crippen LogP) is 3.55. The van der Waals surface area contributed by atoms with Crippen molar-refractivity contribution < 1.29 is 27.4 Å². The van der Waals surface area contributed by atoms with Crippen molar-refractivity contribution in [2.24, 2.45) is 0 Å². The van der Waals surface area contributed by atoms with Gasteiger partial charge in [0.25, 0.3) is 0 Å². The average Bonchev–Trinajstić information content (AvgIpc) is 3.61. The smallest absolute Gasteiger partial charge is 0.330 e. The summed E-state index contributed by atoms with van der Waals surface area (Å²) in [5, 5.41) is 0. The summed E-state index contributed by atoms with van der Waals surface area (Å²) in [6.45, 7) is 2.25. The van der Waals surface area contributed by atoms with Gasteiger partial charge < -0.3 is 14.2 Å². The lowest BCUT2D eigenvalue weighted by atomic mass is 10.1. The van der Waals surface area contributed by atoms with E-state index in [-0.39, 0.29) is 29.0 Å². The molecule has 166 valence electrons. The summed E-state index contributed by atoms with van der Waals surface area (Å²) in [5.41, 5.74) is 2.50. The molecule has 7 nitrogen and oxygen atoms in total. The Labute approximate surface area is 183 Å². The molecule has 0 heterocycles. The summed E-state index contributed by atoms with van der Waals surface area (Å²) in [6.07, 6.45) is 4.33. The average molecular weight is 446 g/mol. The van der Waals surface area contributed by atoms with E-state index in [1.807, 2.05) is 31.2 Å². The molecule has 8 heteroatoms. The highest BCUT2D eigenvalue weighted by molar-refractivity contribution is 7.89. The van der Waals surface area contributed by atoms with E-state index in [2.05, 4.69) is 4.74 Å². The maximum absolute atomic E-state index is 13.8. The van der Waals surface area contributed by atoms with E-state index in [1.54, 1.807) is 6.07 Å². The second-order valence-corrected chi connectivity index (χ2v) is 9.24. The van der Waals surface area contributed by atoms with E-state index in [0.29, 0.717) is 5.56 Å². The zero-order chi connectivity index (χ0) is 22.6. The molecule has 0 aromatic heterocycles. The van der Waals surface area contributed by atoms with Crippen molar-refractivity contribution in [3.63, 3.8) is 0 Å². The number of ether oxygens (including phenoxy) is 3. The fourth-order valence-corrected chi connectivity index (χ4v) is 5.12. The second kappa shape index (κ2) is 9.53. The number of aryl methyl sites for hydroxylation is 1. The van der Waals surface area contributed by atoms with Gasteiger partial charge in [0.1, 0.15) is 4.90 Å². The molecule has 0 amide bonds. The Balaban J connectivity index is 2.06. The summed E-state index contributed by atoms with van der Waals surface area (Å²) in [6, 6.07) is 10.8. The van der Waals surface area contributed by atoms with Crippen molar-refractivity contribution in [3.05, 3.63) is 59.2 Å². The van der Waals surface area contributed by atoms with Crippen LogP contribution in [0.25, 0.3) is 6.08 Å². The lowest BCUT2D eigenvalue weighted by Gasteiger charge is -2.24. The van der Waals surface area contributed by atoms with Crippen LogP contribution in [0.5, 0.6) is 11.5 Å². The molecule has 1 fully saturated rings. The lowest BCUT2D eigenvalue weighted by Crippen LogP contribution is -2.33. The summed E-state index contributed by atoms with van der Waals surface area (Å²) in [5.74, 6) is -0.149. The molecule has 0 atom stereocenters. The molecule has 0 bridgehead atoms. The molecule has 2 aromatic rings. The zero-order valence-corrected chi connectivity index (χ0v) is 18.9. The Hall–Kier alpha value is -2.84. The van der Waals surface area contributed by atoms with E-state index in [1.165, 1.54) is 43.9 Å². The fraction of sp³-hybridized carbons (Fsp3) is 0.348. The Morgan fingerprint density at radius 2 is 1.77 bits per heavy atom. The number of methoxy groups -OCH3 is 3. The van der Waals surface area contributed by atoms with Gasteiger partial charge >= 0.3 is 5.97 Å². The van der Waals surface area contributed by atoms with Gasteiger partial charge in [0.15, 0.2) is 11.5 Å². The number of esters is 1. The summed E-state index contributed by atoms with van der Waals surface area (Å²) >= 11 is 0. The molecule has 0 spiro atoms. The molecular formula is C23H27NO6S. The van der Waals surface area contributed by atoms with Gasteiger partial charge in [0.05, 0.1) is 21.3 Å². The van der Waals surface area contributed by atoms with Crippen molar-refractivity contribution in [2.45, 2.75) is 37.2 Å². The first-order valence-electron chi connectivity index (χ1n) is 9.89. The third-order valence-electron chi connectivity index (χ3n) is 5.08. The van der Waals surface area contributed by atoms with Crippen LogP contribution in [0.15, 0.2) is 47.4 Å². The van der Waals surface area contributed by atoms with Gasteiger partial charge in [-0.15, -0.1) is 0 Å². The minimum Gasteiger partial charge on any atom is -0.493 e. The maximum Gasteiger partial charge on any atom is 0.330 e. The first kappa shape index (κ1) is 22.8. The Morgan fingerprint density at radius 1 is 1.10 bits per heavy atom. The standard InChI is InChI=1S/C23H27NO6S/c1-16-5-7-17(8-6-16)15-24(19-10-11-19)31(26,27)21-14-18(9-12-22(25)29-3)13-20(28-2)23(21)30-4/h5-9,12-14,19H,10-11,15H2,1-4H3/b12-9+. The SMILES string of the molecule is COC(=O)/C=C/c1cc(OC)c(OC)c(S(=O)(=O)N(Cc2ccc(C)cc2)C2CC2)c1. The normalized spacial score (nSPS) is 14.1. The third-order valence-corrected chi connectivity index (χ3v) is 6.98. The van der Waals surface area contributed by atoms with Crippen LogP contribution < -0.4 is 9.47 Å². The molecular weight excluding hydrogens is 418 g/mol. The molecule has 1 saturated carbocycles. The number of hydrogen-bond donors (Lipinski definition) is 0. The Morgan fingerprint density at radius 3 is 2.32 bits per heavy atom. The van der Waals surface area contributed by atoms with Crippen LogP contribution in [0, 0.1) is 6.92 Å². The molecule has 1 aliphatic carbocycles. The van der Waals surface area contributed by atoms with Crippen molar-refractivity contribution in [1.82, 2.24) is 4.31 Å². The highest BCUT2D eigenvalue weighted by atomic mass is 32.2. The number of hydrogen-bond acceptors (Lipinski definition) is 6. The van der Waals surface area contributed by atoms with E-state index in [0.717, 1.165) is 24.0 Å². The van der Waals surface area contributed by atoms with Gasteiger partial charge in [-0.2, -0.15) is 4.31 Å². The number of benzene rings is 2. The van der Waals surface area contributed by atoms with Crippen LogP contribution in [0.2, 0.25) is 0 Å². The number of nitrogens with zero attached hydrogens (tertiary/aromatic N) is 1. The van der Waals surface area contributed by atoms with E-state index in [4.69, 9.17) is 9.47 Å². The van der Waals surface area contributed by atoms with Crippen molar-refractivity contribution in [2.75, 3.05) is 21.3 Å². The highest BCUT2D eigenvalue weighted by Gasteiger charge is 2.40. The molecule has 2 aromatic carbocycles. The monoisotopic (exact) mass is 445 g/mol. The van der Waals surface area contributed by atoms with Crippen molar-refractivity contribution >= 4 is 22.1 Å². The van der Waals surface area contributed by atoms with Gasteiger partial charge in [0.2, 0.25) is 10.0 Å². The number of carbonyl (C=O) groups excluding carboxylic acids is 1. The van der Waals surface area contributed by atoms with Crippen LogP contribution in [0.3, 0.4) is 0 Å². The van der Waals surface area contributed by atoms with Gasteiger partial charge in [-0.25, -0.2) is 13.2 Å². The van der Waals surface area contributed by atoms with Crippen LogP contribution in [-0.4, -0.2) is 46.1 Å². The Kier molecular flexibility index (Phi) is 7.02. The molecule has 1 aliphatic rings. The van der Waals surface area contributed by atoms with Crippen LogP contribution in [0.1, 0.15) is 29.5 Å². The summed E-state index contributed by atoms with van der Waals surface area (Å²) in [7, 11) is 0.206. The molecule has 0 N–H and O–H groups in total. The molecule has 0 unspecified atom stereocenters. The van der Waals surface area contributed by atoms with Gasteiger partial charge in [-0.3, -0.25) is 0 Å². The molecule has 3 rings (SSSR count). The largest absolute Gasteiger partial charge is 0.493 e. The van der Waals surface area contributed by atoms with Crippen molar-refractivity contribution in [1.29, 1.82) is 0 Å². The van der Waals surface area contributed by atoms with E-state index >= 15 is 0 Å². The molecule has 31 heavy (non-hydrogen) atoms. The number of carbonyl (C=O) groups is 1. The summed E-state index contributed by atoms with van der Waals surface area (Å²) in [4.78, 5) is 11.5. The minimum atomic E-state index is -3.91. The van der Waals surface area contributed by atoms with Crippen LogP contribution in [-0.2, 0) is 26.1 Å². The highest BCUT2D eigenvalue weighted by Crippen LogP contribution is 2.41. The molecule has 0 saturated heterocycles. The minimum absolute atomic E-state index is 0.00197. The van der Waals surface area contributed by atoms with Gasteiger partial charge in [-0.1, -0.05) is 29.8 Å². The van der Waals surface area contributed by atoms with Crippen LogP contribution in [0.4, 0.5) is 0 Å². The van der Waals surface area contributed by atoms with Crippen LogP contribution >= 0.6 is 0 Å². The first-order valence-corrected chi connectivity index (χ1v) is 11.3. The topological polar surface area (TPSA) is 82.1 Å². The van der Waals surface area contributed by atoms with E-state index < -0.39 is 16.0 Å². The number of rotatable bonds is 9. The molecule has 0 radical (unpaired) electrons.